The summed E-state index contributed by atoms with van der Waals surface area (Å²) in [5.41, 5.74) is 6.01. The van der Waals surface area contributed by atoms with Crippen LogP contribution in [0, 0.1) is 0 Å². The van der Waals surface area contributed by atoms with Gasteiger partial charge in [-0.1, -0.05) is 31.0 Å². The predicted molar refractivity (Wildman–Crippen MR) is 106 cm³/mol. The topological polar surface area (TPSA) is 84.2 Å². The highest BCUT2D eigenvalue weighted by molar-refractivity contribution is 5.94. The number of nitrogens with one attached hydrogen (secondary N) is 2. The van der Waals surface area contributed by atoms with E-state index in [1.54, 1.807) is 24.3 Å². The lowest BCUT2D eigenvalue weighted by atomic mass is 10.1. The molecule has 8 heteroatoms. The SMILES string of the molecule is Nc1ccccc1NC(=O)CCCCCCNC(=O)c1cccc(C(F)(F)F)c1. The number of carbonyl (C=O) groups excluding carboxylic acids is 2. The molecule has 2 aromatic carbocycles. The van der Waals surface area contributed by atoms with Crippen molar-refractivity contribution in [2.75, 3.05) is 17.6 Å². The molecule has 0 fully saturated rings. The van der Waals surface area contributed by atoms with Gasteiger partial charge in [0.25, 0.3) is 5.91 Å². The lowest BCUT2D eigenvalue weighted by Crippen LogP contribution is -2.24. The van der Waals surface area contributed by atoms with E-state index in [-0.39, 0.29) is 11.5 Å². The van der Waals surface area contributed by atoms with Gasteiger partial charge in [0.2, 0.25) is 5.91 Å². The minimum atomic E-state index is -4.48. The molecule has 5 nitrogen and oxygen atoms in total. The molecular weight excluding hydrogens is 383 g/mol. The summed E-state index contributed by atoms with van der Waals surface area (Å²) in [6.07, 6.45) is -1.14. The van der Waals surface area contributed by atoms with Crippen molar-refractivity contribution in [2.24, 2.45) is 0 Å². The number of anilines is 2. The number of halogens is 3. The maximum Gasteiger partial charge on any atom is 0.416 e. The van der Waals surface area contributed by atoms with Gasteiger partial charge < -0.3 is 16.4 Å². The molecule has 0 atom stereocenters. The van der Waals surface area contributed by atoms with Crippen molar-refractivity contribution in [3.8, 4) is 0 Å². The number of hydrogen-bond acceptors (Lipinski definition) is 3. The van der Waals surface area contributed by atoms with Crippen LogP contribution in [0.5, 0.6) is 0 Å². The van der Waals surface area contributed by atoms with E-state index in [0.29, 0.717) is 37.2 Å². The van der Waals surface area contributed by atoms with Crippen LogP contribution in [0.2, 0.25) is 0 Å². The van der Waals surface area contributed by atoms with Crippen LogP contribution in [0.1, 0.15) is 48.0 Å². The smallest absolute Gasteiger partial charge is 0.397 e. The highest BCUT2D eigenvalue weighted by Gasteiger charge is 2.30. The molecule has 4 N–H and O–H groups in total. The molecule has 0 saturated heterocycles. The molecule has 0 aliphatic rings. The molecule has 0 saturated carbocycles. The molecule has 0 spiro atoms. The van der Waals surface area contributed by atoms with Gasteiger partial charge in [-0.2, -0.15) is 13.2 Å². The third-order valence-electron chi connectivity index (χ3n) is 4.30. The number of amides is 2. The van der Waals surface area contributed by atoms with Crippen LogP contribution in [-0.2, 0) is 11.0 Å². The number of carbonyl (C=O) groups is 2. The van der Waals surface area contributed by atoms with Gasteiger partial charge in [0.05, 0.1) is 16.9 Å². The fraction of sp³-hybridized carbons (Fsp3) is 0.333. The maximum atomic E-state index is 12.7. The minimum absolute atomic E-state index is 0.0170. The van der Waals surface area contributed by atoms with Gasteiger partial charge in [-0.25, -0.2) is 0 Å². The molecule has 0 aliphatic carbocycles. The number of benzene rings is 2. The zero-order chi connectivity index (χ0) is 21.3. The second-order valence-corrected chi connectivity index (χ2v) is 6.63. The van der Waals surface area contributed by atoms with E-state index in [1.807, 2.05) is 0 Å². The molecule has 0 bridgehead atoms. The highest BCUT2D eigenvalue weighted by atomic mass is 19.4. The van der Waals surface area contributed by atoms with E-state index in [4.69, 9.17) is 5.73 Å². The van der Waals surface area contributed by atoms with E-state index >= 15 is 0 Å². The van der Waals surface area contributed by atoms with Crippen LogP contribution in [0.4, 0.5) is 24.5 Å². The van der Waals surface area contributed by atoms with Crippen molar-refractivity contribution in [3.05, 3.63) is 59.7 Å². The lowest BCUT2D eigenvalue weighted by Gasteiger charge is -2.09. The van der Waals surface area contributed by atoms with Gasteiger partial charge >= 0.3 is 6.18 Å². The zero-order valence-corrected chi connectivity index (χ0v) is 15.9. The number of rotatable bonds is 9. The number of para-hydroxylation sites is 2. The van der Waals surface area contributed by atoms with Crippen LogP contribution in [0.15, 0.2) is 48.5 Å². The van der Waals surface area contributed by atoms with Crippen LogP contribution in [0.3, 0.4) is 0 Å². The Morgan fingerprint density at radius 1 is 0.931 bits per heavy atom. The fourth-order valence-corrected chi connectivity index (χ4v) is 2.73. The van der Waals surface area contributed by atoms with Gasteiger partial charge in [0.1, 0.15) is 0 Å². The quantitative estimate of drug-likeness (QED) is 0.419. The second-order valence-electron chi connectivity index (χ2n) is 6.63. The van der Waals surface area contributed by atoms with Crippen LogP contribution in [-0.4, -0.2) is 18.4 Å². The molecule has 2 amide bonds. The van der Waals surface area contributed by atoms with Gasteiger partial charge in [-0.3, -0.25) is 9.59 Å². The minimum Gasteiger partial charge on any atom is -0.397 e. The van der Waals surface area contributed by atoms with E-state index in [1.165, 1.54) is 12.1 Å². The first-order valence-corrected chi connectivity index (χ1v) is 9.37. The molecule has 0 heterocycles. The lowest BCUT2D eigenvalue weighted by molar-refractivity contribution is -0.137. The van der Waals surface area contributed by atoms with Gasteiger partial charge in [-0.15, -0.1) is 0 Å². The Morgan fingerprint density at radius 3 is 2.38 bits per heavy atom. The van der Waals surface area contributed by atoms with E-state index in [0.717, 1.165) is 25.0 Å². The van der Waals surface area contributed by atoms with E-state index in [2.05, 4.69) is 10.6 Å². The summed E-state index contributed by atoms with van der Waals surface area (Å²) >= 11 is 0. The first-order chi connectivity index (χ1) is 13.8. The highest BCUT2D eigenvalue weighted by Crippen LogP contribution is 2.29. The average Bonchev–Trinajstić information content (AvgIpc) is 2.68. The van der Waals surface area contributed by atoms with Crippen molar-refractivity contribution in [1.29, 1.82) is 0 Å². The Balaban J connectivity index is 1.61. The summed E-state index contributed by atoms with van der Waals surface area (Å²) in [6.45, 7) is 0.363. The molecule has 0 aromatic heterocycles. The monoisotopic (exact) mass is 407 g/mol. The maximum absolute atomic E-state index is 12.7. The Morgan fingerprint density at radius 2 is 1.66 bits per heavy atom. The normalized spacial score (nSPS) is 11.1. The summed E-state index contributed by atoms with van der Waals surface area (Å²) in [6, 6.07) is 11.4. The second kappa shape index (κ2) is 10.5. The fourth-order valence-electron chi connectivity index (χ4n) is 2.73. The number of alkyl halides is 3. The summed E-state index contributed by atoms with van der Waals surface area (Å²) in [4.78, 5) is 23.9. The van der Waals surface area contributed by atoms with Crippen LogP contribution < -0.4 is 16.4 Å². The van der Waals surface area contributed by atoms with Crippen molar-refractivity contribution in [1.82, 2.24) is 5.32 Å². The average molecular weight is 407 g/mol. The van der Waals surface area contributed by atoms with Crippen molar-refractivity contribution >= 4 is 23.2 Å². The predicted octanol–water partition coefficient (Wildman–Crippen LogP) is 4.61. The molecular formula is C21H24F3N3O2. The molecule has 2 aromatic rings. The Kier molecular flexibility index (Phi) is 8.06. The Labute approximate surface area is 167 Å². The summed E-state index contributed by atoms with van der Waals surface area (Å²) in [7, 11) is 0. The molecule has 0 aliphatic heterocycles. The van der Waals surface area contributed by atoms with Crippen molar-refractivity contribution in [2.45, 2.75) is 38.3 Å². The van der Waals surface area contributed by atoms with Crippen LogP contribution in [0.25, 0.3) is 0 Å². The summed E-state index contributed by atoms with van der Waals surface area (Å²) < 4.78 is 38.1. The Bertz CT molecular complexity index is 838. The molecule has 0 radical (unpaired) electrons. The van der Waals surface area contributed by atoms with Crippen molar-refractivity contribution in [3.63, 3.8) is 0 Å². The number of unbranched alkanes of at least 4 members (excludes halogenated alkanes) is 3. The number of hydrogen-bond donors (Lipinski definition) is 3. The molecule has 0 unspecified atom stereocenters. The molecule has 29 heavy (non-hydrogen) atoms. The first kappa shape index (κ1) is 22.3. The largest absolute Gasteiger partial charge is 0.416 e. The van der Waals surface area contributed by atoms with E-state index < -0.39 is 17.6 Å². The first-order valence-electron chi connectivity index (χ1n) is 9.37. The van der Waals surface area contributed by atoms with Gasteiger partial charge in [0.15, 0.2) is 0 Å². The Hall–Kier alpha value is -3.03. The molecule has 2 rings (SSSR count). The zero-order valence-electron chi connectivity index (χ0n) is 15.9. The summed E-state index contributed by atoms with van der Waals surface area (Å²) in [5.74, 6) is -0.642. The van der Waals surface area contributed by atoms with Crippen LogP contribution >= 0.6 is 0 Å². The van der Waals surface area contributed by atoms with E-state index in [9.17, 15) is 22.8 Å². The van der Waals surface area contributed by atoms with Gasteiger partial charge in [0, 0.05) is 18.5 Å². The number of nitrogen functional groups attached to an aromatic ring is 1. The van der Waals surface area contributed by atoms with Gasteiger partial charge in [-0.05, 0) is 43.2 Å². The van der Waals surface area contributed by atoms with Crippen molar-refractivity contribution < 1.29 is 22.8 Å². The third-order valence-corrected chi connectivity index (χ3v) is 4.30. The number of nitrogens with two attached hydrogens (primary N) is 1. The third kappa shape index (κ3) is 7.48. The summed E-state index contributed by atoms with van der Waals surface area (Å²) in [5, 5.41) is 5.38. The molecule has 156 valence electrons. The standard InChI is InChI=1S/C21H24F3N3O2/c22-21(23,24)16-9-7-8-15(14-16)20(29)26-13-6-2-1-3-12-19(28)27-18-11-5-4-10-17(18)25/h4-5,7-11,14H,1-3,6,12-13,25H2,(H,26,29)(H,27,28).